The van der Waals surface area contributed by atoms with Gasteiger partial charge in [0, 0.05) is 81.1 Å². The average Bonchev–Trinajstić information content (AvgIpc) is 3.80. The van der Waals surface area contributed by atoms with Crippen LogP contribution in [0.5, 0.6) is 0 Å². The Bertz CT molecular complexity index is 2940. The summed E-state index contributed by atoms with van der Waals surface area (Å²) in [6.07, 6.45) is 16.7. The van der Waals surface area contributed by atoms with E-state index < -0.39 is 55.8 Å². The molecule has 0 bridgehead atoms. The Morgan fingerprint density at radius 1 is 0.662 bits per heavy atom. The summed E-state index contributed by atoms with van der Waals surface area (Å²) in [5, 5.41) is 1.70. The lowest BCUT2D eigenvalue weighted by molar-refractivity contribution is -0.671. The number of benzene rings is 2. The molecule has 3 aliphatic heterocycles. The molecule has 4 amide bonds. The van der Waals surface area contributed by atoms with E-state index in [1.54, 1.807) is 12.1 Å². The maximum Gasteiger partial charge on any atom is 0.333 e. The Hall–Kier alpha value is -6.35. The number of aryl methyl sites for hydroxylation is 1. The summed E-state index contributed by atoms with van der Waals surface area (Å²) in [4.78, 5) is 83.2. The summed E-state index contributed by atoms with van der Waals surface area (Å²) in [5.41, 5.74) is 6.73. The zero-order chi connectivity index (χ0) is 48.3. The van der Waals surface area contributed by atoms with Gasteiger partial charge < -0.3 is 14.6 Å². The lowest BCUT2D eigenvalue weighted by atomic mass is 9.75. The Morgan fingerprint density at radius 3 is 1.88 bits per heavy atom. The molecular formula is C48H51N4O14S2+. The van der Waals surface area contributed by atoms with Crippen molar-refractivity contribution < 1.29 is 69.0 Å². The molecule has 20 heteroatoms. The average molecular weight is 972 g/mol. The first-order valence-electron chi connectivity index (χ1n) is 22.7. The lowest BCUT2D eigenvalue weighted by Gasteiger charge is -2.32. The van der Waals surface area contributed by atoms with Gasteiger partial charge >= 0.3 is 11.9 Å². The highest BCUT2D eigenvalue weighted by molar-refractivity contribution is 7.86. The third-order valence-electron chi connectivity index (χ3n) is 12.9. The minimum absolute atomic E-state index is 0.0158. The van der Waals surface area contributed by atoms with Crippen molar-refractivity contribution >= 4 is 83.5 Å². The van der Waals surface area contributed by atoms with Crippen LogP contribution in [0.15, 0.2) is 94.0 Å². The number of carbonyl (C=O) groups is 6. The normalized spacial score (nSPS) is 19.6. The second-order valence-corrected chi connectivity index (χ2v) is 20.3. The van der Waals surface area contributed by atoms with Gasteiger partial charge in [-0.15, -0.1) is 10.1 Å². The number of allylic oxidation sites excluding steroid dienone is 7. The Labute approximate surface area is 392 Å². The number of hydroxylamine groups is 4. The van der Waals surface area contributed by atoms with Crippen molar-refractivity contribution in [1.82, 2.24) is 10.1 Å². The number of imide groups is 2. The first-order chi connectivity index (χ1) is 32.4. The number of aromatic nitrogens is 1. The van der Waals surface area contributed by atoms with E-state index in [-0.39, 0.29) is 54.2 Å². The van der Waals surface area contributed by atoms with Crippen LogP contribution in [-0.4, -0.2) is 78.2 Å². The molecular weight excluding hydrogens is 921 g/mol. The molecule has 2 aromatic carbocycles. The monoisotopic (exact) mass is 971 g/mol. The van der Waals surface area contributed by atoms with Crippen LogP contribution in [0.25, 0.3) is 22.0 Å². The third kappa shape index (κ3) is 10.8. The lowest BCUT2D eigenvalue weighted by Crippen LogP contribution is -2.34. The molecule has 1 aromatic heterocycles. The van der Waals surface area contributed by atoms with Crippen LogP contribution in [0.2, 0.25) is 0 Å². The summed E-state index contributed by atoms with van der Waals surface area (Å²) in [7, 11) is -9.07. The molecule has 0 saturated carbocycles. The van der Waals surface area contributed by atoms with Crippen LogP contribution in [0.1, 0.15) is 114 Å². The molecule has 18 nitrogen and oxygen atoms in total. The van der Waals surface area contributed by atoms with Crippen LogP contribution in [-0.2, 0) is 65.2 Å². The summed E-state index contributed by atoms with van der Waals surface area (Å²) in [6.45, 7) is 1.05. The van der Waals surface area contributed by atoms with Crippen molar-refractivity contribution in [2.75, 3.05) is 11.4 Å². The molecule has 2 fully saturated rings. The fourth-order valence-corrected chi connectivity index (χ4v) is 10.4. The first-order valence-corrected chi connectivity index (χ1v) is 25.6. The molecule has 1 atom stereocenters. The highest BCUT2D eigenvalue weighted by Gasteiger charge is 2.34. The second kappa shape index (κ2) is 20.1. The van der Waals surface area contributed by atoms with Crippen LogP contribution in [0.4, 0.5) is 5.69 Å². The molecule has 4 heterocycles. The SMILES string of the molecule is O=C(CCCCCN1C=C/C(=C2/C=C3C=C(c4cc[n+](CCCCCC(=O)ON5C(=O)CCC5=O)c5ccc(S(=O)(=O)O)cc45)CCC3CC2)c2cc(S(=O)(=O)O)ccc21)ON1C(=O)CCC1=O. The topological polar surface area (TPSA) is 243 Å². The predicted octanol–water partition coefficient (Wildman–Crippen LogP) is 6.26. The smallest absolute Gasteiger partial charge is 0.333 e. The number of fused-ring (bicyclic) bond motifs is 3. The predicted molar refractivity (Wildman–Crippen MR) is 243 cm³/mol. The van der Waals surface area contributed by atoms with Crippen molar-refractivity contribution in [1.29, 1.82) is 0 Å². The number of anilines is 1. The van der Waals surface area contributed by atoms with Gasteiger partial charge in [-0.3, -0.25) is 28.3 Å². The number of carbonyl (C=O) groups excluding carboxylic acids is 6. The van der Waals surface area contributed by atoms with Crippen molar-refractivity contribution in [2.24, 2.45) is 5.92 Å². The summed E-state index contributed by atoms with van der Waals surface area (Å²) < 4.78 is 71.5. The largest absolute Gasteiger partial charge is 0.347 e. The number of rotatable bonds is 17. The van der Waals surface area contributed by atoms with Crippen molar-refractivity contribution in [3.8, 4) is 0 Å². The van der Waals surface area contributed by atoms with Gasteiger partial charge in [0.05, 0.1) is 15.2 Å². The Morgan fingerprint density at radius 2 is 1.25 bits per heavy atom. The van der Waals surface area contributed by atoms with Crippen LogP contribution in [0.3, 0.4) is 0 Å². The van der Waals surface area contributed by atoms with Gasteiger partial charge in [0.1, 0.15) is 6.54 Å². The van der Waals surface area contributed by atoms with Gasteiger partial charge in [0.15, 0.2) is 6.20 Å². The number of pyridine rings is 1. The van der Waals surface area contributed by atoms with E-state index in [4.69, 9.17) is 9.68 Å². The molecule has 0 spiro atoms. The van der Waals surface area contributed by atoms with Gasteiger partial charge in [0.25, 0.3) is 43.9 Å². The van der Waals surface area contributed by atoms with Gasteiger partial charge in [-0.2, -0.15) is 21.4 Å². The van der Waals surface area contributed by atoms with Gasteiger partial charge in [-0.1, -0.05) is 18.6 Å². The maximum absolute atomic E-state index is 12.4. The van der Waals surface area contributed by atoms with Crippen molar-refractivity contribution in [3.63, 3.8) is 0 Å². The molecule has 2 N–H and O–H groups in total. The minimum Gasteiger partial charge on any atom is -0.347 e. The fraction of sp³-hybridized carbons (Fsp3) is 0.396. The number of hydrogen-bond donors (Lipinski definition) is 2. The molecule has 2 aliphatic carbocycles. The molecule has 1 unspecified atom stereocenters. The van der Waals surface area contributed by atoms with Gasteiger partial charge in [-0.05, 0) is 122 Å². The number of hydrogen-bond acceptors (Lipinski definition) is 13. The summed E-state index contributed by atoms with van der Waals surface area (Å²) in [6, 6.07) is 10.9. The van der Waals surface area contributed by atoms with E-state index in [0.29, 0.717) is 85.5 Å². The van der Waals surface area contributed by atoms with E-state index in [0.717, 1.165) is 51.9 Å². The van der Waals surface area contributed by atoms with Crippen molar-refractivity contribution in [2.45, 2.75) is 119 Å². The number of nitrogens with zero attached hydrogens (tertiary/aromatic N) is 4. The molecule has 0 radical (unpaired) electrons. The summed E-state index contributed by atoms with van der Waals surface area (Å²) >= 11 is 0. The van der Waals surface area contributed by atoms with E-state index in [1.807, 2.05) is 34.0 Å². The van der Waals surface area contributed by atoms with E-state index >= 15 is 0 Å². The molecule has 5 aliphatic rings. The molecule has 358 valence electrons. The van der Waals surface area contributed by atoms with E-state index in [2.05, 4.69) is 12.2 Å². The first kappa shape index (κ1) is 48.1. The summed E-state index contributed by atoms with van der Waals surface area (Å²) in [5.74, 6) is -3.23. The zero-order valence-corrected chi connectivity index (χ0v) is 38.8. The van der Waals surface area contributed by atoms with E-state index in [1.165, 1.54) is 24.3 Å². The second-order valence-electron chi connectivity index (χ2n) is 17.5. The zero-order valence-electron chi connectivity index (χ0n) is 37.1. The Balaban J connectivity index is 0.997. The number of unbranched alkanes of at least 4 members (excludes halogenated alkanes) is 4. The van der Waals surface area contributed by atoms with Crippen LogP contribution < -0.4 is 9.47 Å². The minimum atomic E-state index is -4.54. The van der Waals surface area contributed by atoms with Crippen molar-refractivity contribution in [3.05, 3.63) is 95.4 Å². The number of amides is 4. The van der Waals surface area contributed by atoms with Gasteiger partial charge in [-0.25, -0.2) is 9.59 Å². The van der Waals surface area contributed by atoms with Gasteiger partial charge in [0.2, 0.25) is 5.52 Å². The molecule has 8 rings (SSSR count). The molecule has 2 saturated heterocycles. The van der Waals surface area contributed by atoms with E-state index in [9.17, 15) is 54.7 Å². The highest BCUT2D eigenvalue weighted by Crippen LogP contribution is 2.45. The van der Waals surface area contributed by atoms with Crippen LogP contribution in [0, 0.1) is 5.92 Å². The van der Waals surface area contributed by atoms with Crippen LogP contribution >= 0.6 is 0 Å². The fourth-order valence-electron chi connectivity index (χ4n) is 9.36. The third-order valence-corrected chi connectivity index (χ3v) is 14.6. The molecule has 68 heavy (non-hydrogen) atoms. The Kier molecular flexibility index (Phi) is 14.2. The standard InChI is InChI=1S/C48H50N4O14S2/c53-43-17-18-44(54)51(43)65-47(57)7-3-1-5-23-49-25-21-37(39-29-35(67(59,60)61)13-15-41(39)49)32-11-9-31-10-12-33(28-34(31)27-32)38-22-26-50(42-16-14-36(30-40(38)42)68(62,63)64)24-6-2-4-8-48(58)66-52-45(55)19-20-46(52)56/h13-16,21-22,25-31H,1-12,17-20,23-24H2,(H-,59,60,61,62,63,64)/p+1. The quantitative estimate of drug-likeness (QED) is 0.0657. The maximum atomic E-state index is 12.4. The highest BCUT2D eigenvalue weighted by atomic mass is 32.2. The molecule has 3 aromatic rings.